The Morgan fingerprint density at radius 2 is 2.09 bits per heavy atom. The van der Waals surface area contributed by atoms with Crippen molar-refractivity contribution in [3.05, 3.63) is 83.4 Å². The minimum atomic E-state index is -0.470. The topological polar surface area (TPSA) is 75.4 Å². The number of hydrogen-bond donors (Lipinski definition) is 1. The van der Waals surface area contributed by atoms with Gasteiger partial charge in [-0.25, -0.2) is 18.3 Å². The Morgan fingerprint density at radius 3 is 2.94 bits per heavy atom. The van der Waals surface area contributed by atoms with Crippen molar-refractivity contribution in [1.82, 2.24) is 19.6 Å². The predicted octanol–water partition coefficient (Wildman–Crippen LogP) is 4.30. The molecule has 1 N–H and O–H groups in total. The third kappa shape index (κ3) is 3.55. The average Bonchev–Trinajstić information content (AvgIpc) is 3.43. The molecule has 4 heterocycles. The number of aryl methyl sites for hydroxylation is 1. The van der Waals surface area contributed by atoms with Crippen LogP contribution in [0.15, 0.2) is 55.0 Å². The Labute approximate surface area is 182 Å². The van der Waals surface area contributed by atoms with Gasteiger partial charge in [0, 0.05) is 24.5 Å². The van der Waals surface area contributed by atoms with E-state index in [1.165, 1.54) is 12.3 Å². The molecule has 1 aliphatic heterocycles. The van der Waals surface area contributed by atoms with E-state index in [0.29, 0.717) is 41.4 Å². The zero-order chi connectivity index (χ0) is 22.2. The van der Waals surface area contributed by atoms with Crippen LogP contribution in [0.2, 0.25) is 0 Å². The second-order valence-electron chi connectivity index (χ2n) is 7.75. The molecule has 32 heavy (non-hydrogen) atoms. The molecule has 0 spiro atoms. The minimum Gasteiger partial charge on any atom is -0.349 e. The molecule has 1 saturated heterocycles. The first-order chi connectivity index (χ1) is 15.5. The summed E-state index contributed by atoms with van der Waals surface area (Å²) in [7, 11) is 0. The molecule has 0 saturated carbocycles. The number of nitrogens with one attached hydrogen (secondary N) is 1. The van der Waals surface area contributed by atoms with Crippen molar-refractivity contribution in [2.45, 2.75) is 25.8 Å². The molecule has 0 unspecified atom stereocenters. The maximum Gasteiger partial charge on any atom is 0.274 e. The SMILES string of the molecule is Cc1cccnc1C(=O)Nc1cnn2ccc(N3CCC[C@@H]3c3cc(F)ccc3F)nc12. The number of aromatic nitrogens is 4. The summed E-state index contributed by atoms with van der Waals surface area (Å²) in [4.78, 5) is 23.5. The van der Waals surface area contributed by atoms with Gasteiger partial charge in [-0.2, -0.15) is 5.10 Å². The number of anilines is 2. The van der Waals surface area contributed by atoms with Gasteiger partial charge in [0.15, 0.2) is 5.65 Å². The summed E-state index contributed by atoms with van der Waals surface area (Å²) < 4.78 is 29.8. The maximum atomic E-state index is 14.4. The molecule has 5 rings (SSSR count). The molecule has 1 amide bonds. The molecular formula is C23H20F2N6O. The fourth-order valence-corrected chi connectivity index (χ4v) is 4.15. The summed E-state index contributed by atoms with van der Waals surface area (Å²) in [6.45, 7) is 2.47. The van der Waals surface area contributed by atoms with Gasteiger partial charge in [-0.1, -0.05) is 6.07 Å². The van der Waals surface area contributed by atoms with E-state index in [4.69, 9.17) is 0 Å². The van der Waals surface area contributed by atoms with Gasteiger partial charge in [0.25, 0.3) is 5.91 Å². The van der Waals surface area contributed by atoms with E-state index in [-0.39, 0.29) is 11.9 Å². The smallest absolute Gasteiger partial charge is 0.274 e. The van der Waals surface area contributed by atoms with Crippen LogP contribution >= 0.6 is 0 Å². The number of benzene rings is 1. The highest BCUT2D eigenvalue weighted by molar-refractivity contribution is 6.05. The van der Waals surface area contributed by atoms with Crippen LogP contribution in [-0.2, 0) is 0 Å². The van der Waals surface area contributed by atoms with Crippen LogP contribution in [0.25, 0.3) is 5.65 Å². The van der Waals surface area contributed by atoms with Crippen LogP contribution in [-0.4, -0.2) is 32.0 Å². The Kier molecular flexibility index (Phi) is 5.01. The van der Waals surface area contributed by atoms with Gasteiger partial charge in [-0.3, -0.25) is 9.78 Å². The van der Waals surface area contributed by atoms with Crippen molar-refractivity contribution < 1.29 is 13.6 Å². The lowest BCUT2D eigenvalue weighted by molar-refractivity contribution is 0.102. The molecule has 0 bridgehead atoms. The second-order valence-corrected chi connectivity index (χ2v) is 7.75. The standard InChI is InChI=1S/C23H20F2N6O/c1-14-4-2-9-26-21(14)23(32)28-18-13-27-31-11-8-20(29-22(18)31)30-10-3-5-19(30)16-12-15(24)6-7-17(16)25/h2,4,6-9,11-13,19H,3,5,10H2,1H3,(H,28,32)/t19-/m1/s1. The molecule has 9 heteroatoms. The Balaban J connectivity index is 1.48. The summed E-state index contributed by atoms with van der Waals surface area (Å²) in [5.74, 6) is -0.658. The van der Waals surface area contributed by atoms with Gasteiger partial charge >= 0.3 is 0 Å². The van der Waals surface area contributed by atoms with Crippen molar-refractivity contribution in [3.63, 3.8) is 0 Å². The molecular weight excluding hydrogens is 414 g/mol. The number of fused-ring (bicyclic) bond motifs is 1. The molecule has 3 aromatic heterocycles. The summed E-state index contributed by atoms with van der Waals surface area (Å²) >= 11 is 0. The van der Waals surface area contributed by atoms with Gasteiger partial charge in [0.1, 0.15) is 28.8 Å². The molecule has 1 aromatic carbocycles. The van der Waals surface area contributed by atoms with Crippen molar-refractivity contribution in [3.8, 4) is 0 Å². The third-order valence-electron chi connectivity index (χ3n) is 5.69. The number of pyridine rings is 1. The predicted molar refractivity (Wildman–Crippen MR) is 116 cm³/mol. The molecule has 4 aromatic rings. The Bertz CT molecular complexity index is 1320. The molecule has 1 aliphatic rings. The molecule has 1 atom stereocenters. The number of nitrogens with zero attached hydrogens (tertiary/aromatic N) is 5. The second kappa shape index (κ2) is 7.99. The van der Waals surface area contributed by atoms with Gasteiger partial charge in [0.2, 0.25) is 0 Å². The van der Waals surface area contributed by atoms with Crippen LogP contribution in [0.3, 0.4) is 0 Å². The molecule has 7 nitrogen and oxygen atoms in total. The third-order valence-corrected chi connectivity index (χ3v) is 5.69. The normalized spacial score (nSPS) is 16.0. The fourth-order valence-electron chi connectivity index (χ4n) is 4.15. The van der Waals surface area contributed by atoms with Gasteiger partial charge in [-0.15, -0.1) is 0 Å². The van der Waals surface area contributed by atoms with E-state index in [0.717, 1.165) is 24.1 Å². The number of rotatable bonds is 4. The van der Waals surface area contributed by atoms with Crippen LogP contribution < -0.4 is 10.2 Å². The zero-order valence-electron chi connectivity index (χ0n) is 17.3. The minimum absolute atomic E-state index is 0.317. The van der Waals surface area contributed by atoms with Gasteiger partial charge < -0.3 is 10.2 Å². The van der Waals surface area contributed by atoms with E-state index in [2.05, 4.69) is 20.4 Å². The highest BCUT2D eigenvalue weighted by atomic mass is 19.1. The van der Waals surface area contributed by atoms with Crippen molar-refractivity contribution in [2.24, 2.45) is 0 Å². The lowest BCUT2D eigenvalue weighted by Crippen LogP contribution is -2.24. The lowest BCUT2D eigenvalue weighted by atomic mass is 10.0. The summed E-state index contributed by atoms with van der Waals surface area (Å²) in [6.07, 6.45) is 6.34. The molecule has 0 aliphatic carbocycles. The van der Waals surface area contributed by atoms with E-state index in [1.807, 2.05) is 17.9 Å². The van der Waals surface area contributed by atoms with Crippen molar-refractivity contribution >= 4 is 23.1 Å². The lowest BCUT2D eigenvalue weighted by Gasteiger charge is -2.26. The summed E-state index contributed by atoms with van der Waals surface area (Å²) in [5.41, 5.74) is 2.29. The molecule has 1 fully saturated rings. The van der Waals surface area contributed by atoms with Crippen LogP contribution in [0, 0.1) is 18.6 Å². The average molecular weight is 434 g/mol. The summed E-state index contributed by atoms with van der Waals surface area (Å²) in [5, 5.41) is 7.07. The first kappa shape index (κ1) is 20.0. The highest BCUT2D eigenvalue weighted by Gasteiger charge is 2.30. The fraction of sp³-hybridized carbons (Fsp3) is 0.217. The highest BCUT2D eigenvalue weighted by Crippen LogP contribution is 2.37. The molecule has 162 valence electrons. The Hall–Kier alpha value is -3.88. The number of carbonyl (C=O) groups is 1. The van der Waals surface area contributed by atoms with Gasteiger partial charge in [0.05, 0.1) is 12.2 Å². The maximum absolute atomic E-state index is 14.4. The quantitative estimate of drug-likeness (QED) is 0.518. The number of hydrogen-bond acceptors (Lipinski definition) is 5. The number of amides is 1. The van der Waals surface area contributed by atoms with E-state index < -0.39 is 11.6 Å². The van der Waals surface area contributed by atoms with Crippen molar-refractivity contribution in [1.29, 1.82) is 0 Å². The zero-order valence-corrected chi connectivity index (χ0v) is 17.3. The van der Waals surface area contributed by atoms with E-state index >= 15 is 0 Å². The molecule has 0 radical (unpaired) electrons. The largest absolute Gasteiger partial charge is 0.349 e. The van der Waals surface area contributed by atoms with Crippen molar-refractivity contribution in [2.75, 3.05) is 16.8 Å². The van der Waals surface area contributed by atoms with Gasteiger partial charge in [-0.05, 0) is 55.7 Å². The number of halogens is 2. The van der Waals surface area contributed by atoms with E-state index in [9.17, 15) is 13.6 Å². The summed E-state index contributed by atoms with van der Waals surface area (Å²) in [6, 6.07) is 8.56. The van der Waals surface area contributed by atoms with Crippen LogP contribution in [0.5, 0.6) is 0 Å². The monoisotopic (exact) mass is 434 g/mol. The van der Waals surface area contributed by atoms with Crippen LogP contribution in [0.4, 0.5) is 20.3 Å². The number of carbonyl (C=O) groups excluding carboxylic acids is 1. The van der Waals surface area contributed by atoms with E-state index in [1.54, 1.807) is 29.0 Å². The first-order valence-corrected chi connectivity index (χ1v) is 10.3. The Morgan fingerprint density at radius 1 is 1.22 bits per heavy atom. The van der Waals surface area contributed by atoms with Crippen LogP contribution in [0.1, 0.15) is 40.5 Å². The first-order valence-electron chi connectivity index (χ1n) is 10.3.